The van der Waals surface area contributed by atoms with Crippen molar-refractivity contribution < 1.29 is 9.18 Å². The quantitative estimate of drug-likeness (QED) is 0.622. The summed E-state index contributed by atoms with van der Waals surface area (Å²) in [7, 11) is 0. The minimum absolute atomic E-state index is 0.0660. The maximum absolute atomic E-state index is 14.0. The van der Waals surface area contributed by atoms with E-state index in [4.69, 9.17) is 4.98 Å². The highest BCUT2D eigenvalue weighted by Crippen LogP contribution is 2.32. The van der Waals surface area contributed by atoms with E-state index in [2.05, 4.69) is 28.4 Å². The number of likely N-dealkylation sites (tertiary alicyclic amines) is 1. The molecule has 1 saturated heterocycles. The lowest BCUT2D eigenvalue weighted by Crippen LogP contribution is -2.23. The Hall–Kier alpha value is -3.05. The molecular weight excluding hydrogens is 377 g/mol. The summed E-state index contributed by atoms with van der Waals surface area (Å²) in [6, 6.07) is 21.2. The van der Waals surface area contributed by atoms with Gasteiger partial charge in [0.15, 0.2) is 0 Å². The largest absolute Gasteiger partial charge is 0.326 e. The van der Waals surface area contributed by atoms with E-state index in [1.807, 2.05) is 36.4 Å². The predicted octanol–water partition coefficient (Wildman–Crippen LogP) is 5.11. The number of hydrogen-bond donors (Lipinski definition) is 1. The van der Waals surface area contributed by atoms with Gasteiger partial charge in [0.2, 0.25) is 5.91 Å². The van der Waals surface area contributed by atoms with Crippen molar-refractivity contribution >= 4 is 11.6 Å². The Morgan fingerprint density at radius 1 is 1.10 bits per heavy atom. The lowest BCUT2D eigenvalue weighted by Gasteiger charge is -2.24. The molecule has 2 heterocycles. The number of hydrogen-bond acceptors (Lipinski definition) is 3. The SMILES string of the molecule is CC(=O)Nc1ccc(CN2CCCC2c2cccc(Cc3ccccc3F)n2)cc1. The number of carbonyl (C=O) groups excluding carboxylic acids is 1. The molecule has 1 aromatic heterocycles. The van der Waals surface area contributed by atoms with Gasteiger partial charge in [-0.15, -0.1) is 0 Å². The first-order valence-electron chi connectivity index (χ1n) is 10.4. The molecule has 0 bridgehead atoms. The first kappa shape index (κ1) is 20.2. The summed E-state index contributed by atoms with van der Waals surface area (Å²) in [4.78, 5) is 18.5. The molecule has 0 radical (unpaired) electrons. The highest BCUT2D eigenvalue weighted by Gasteiger charge is 2.27. The number of aromatic nitrogens is 1. The molecule has 0 spiro atoms. The molecule has 1 fully saturated rings. The van der Waals surface area contributed by atoms with Gasteiger partial charge in [-0.1, -0.05) is 36.4 Å². The zero-order chi connectivity index (χ0) is 20.9. The van der Waals surface area contributed by atoms with Crippen molar-refractivity contribution in [3.05, 3.63) is 95.1 Å². The van der Waals surface area contributed by atoms with E-state index in [0.717, 1.165) is 43.0 Å². The molecule has 3 aromatic rings. The maximum atomic E-state index is 14.0. The van der Waals surface area contributed by atoms with Gasteiger partial charge < -0.3 is 5.32 Å². The van der Waals surface area contributed by atoms with Gasteiger partial charge in [0.1, 0.15) is 5.82 Å². The Morgan fingerprint density at radius 3 is 2.67 bits per heavy atom. The second-order valence-electron chi connectivity index (χ2n) is 7.83. The minimum atomic E-state index is -0.185. The number of pyridine rings is 1. The van der Waals surface area contributed by atoms with Gasteiger partial charge in [-0.2, -0.15) is 0 Å². The smallest absolute Gasteiger partial charge is 0.221 e. The van der Waals surface area contributed by atoms with Crippen LogP contribution in [0.1, 0.15) is 48.3 Å². The number of rotatable bonds is 6. The van der Waals surface area contributed by atoms with Crippen molar-refractivity contribution in [1.82, 2.24) is 9.88 Å². The molecule has 1 aliphatic rings. The Balaban J connectivity index is 1.47. The van der Waals surface area contributed by atoms with E-state index < -0.39 is 0 Å². The third-order valence-corrected chi connectivity index (χ3v) is 5.52. The van der Waals surface area contributed by atoms with Gasteiger partial charge in [-0.3, -0.25) is 14.7 Å². The van der Waals surface area contributed by atoms with Crippen molar-refractivity contribution in [1.29, 1.82) is 0 Å². The summed E-state index contributed by atoms with van der Waals surface area (Å²) in [5.74, 6) is -0.251. The zero-order valence-corrected chi connectivity index (χ0v) is 17.1. The maximum Gasteiger partial charge on any atom is 0.221 e. The molecule has 2 aromatic carbocycles. The number of benzene rings is 2. The van der Waals surface area contributed by atoms with Crippen molar-refractivity contribution in [3.63, 3.8) is 0 Å². The number of nitrogens with one attached hydrogen (secondary N) is 1. The molecular formula is C25H26FN3O. The second-order valence-corrected chi connectivity index (χ2v) is 7.83. The van der Waals surface area contributed by atoms with Crippen LogP contribution in [0.4, 0.5) is 10.1 Å². The highest BCUT2D eigenvalue weighted by molar-refractivity contribution is 5.88. The van der Waals surface area contributed by atoms with Gasteiger partial charge in [0.05, 0.1) is 11.7 Å². The summed E-state index contributed by atoms with van der Waals surface area (Å²) in [5.41, 5.74) is 4.63. The average Bonchev–Trinajstić information content (AvgIpc) is 3.19. The van der Waals surface area contributed by atoms with Crippen molar-refractivity contribution in [2.45, 2.75) is 38.8 Å². The van der Waals surface area contributed by atoms with E-state index in [0.29, 0.717) is 12.0 Å². The van der Waals surface area contributed by atoms with Gasteiger partial charge in [-0.05, 0) is 60.8 Å². The molecule has 5 heteroatoms. The van der Waals surface area contributed by atoms with E-state index in [1.165, 1.54) is 18.6 Å². The Morgan fingerprint density at radius 2 is 1.90 bits per heavy atom. The molecule has 30 heavy (non-hydrogen) atoms. The standard InChI is InChI=1S/C25H26FN3O/c1-18(30)27-21-13-11-19(12-14-21)17-29-15-5-10-25(29)24-9-4-7-22(28-24)16-20-6-2-3-8-23(20)26/h2-4,6-9,11-14,25H,5,10,15-17H2,1H3,(H,27,30). The minimum Gasteiger partial charge on any atom is -0.326 e. The molecule has 4 rings (SSSR count). The average molecular weight is 404 g/mol. The van der Waals surface area contributed by atoms with Crippen LogP contribution in [0.25, 0.3) is 0 Å². The Labute approximate surface area is 176 Å². The van der Waals surface area contributed by atoms with Crippen LogP contribution in [-0.4, -0.2) is 22.3 Å². The number of carbonyl (C=O) groups is 1. The lowest BCUT2D eigenvalue weighted by molar-refractivity contribution is -0.114. The summed E-state index contributed by atoms with van der Waals surface area (Å²) in [5, 5.41) is 2.80. The Bertz CT molecular complexity index is 1020. The summed E-state index contributed by atoms with van der Waals surface area (Å²) in [6.45, 7) is 3.37. The molecule has 0 aliphatic carbocycles. The molecule has 1 atom stereocenters. The van der Waals surface area contributed by atoms with Crippen LogP contribution in [0.2, 0.25) is 0 Å². The van der Waals surface area contributed by atoms with E-state index >= 15 is 0 Å². The van der Waals surface area contributed by atoms with E-state index in [-0.39, 0.29) is 17.8 Å². The number of nitrogens with zero attached hydrogens (tertiary/aromatic N) is 2. The van der Waals surface area contributed by atoms with Crippen molar-refractivity contribution in [2.24, 2.45) is 0 Å². The van der Waals surface area contributed by atoms with Crippen LogP contribution in [0.15, 0.2) is 66.7 Å². The fourth-order valence-corrected chi connectivity index (χ4v) is 4.10. The summed E-state index contributed by atoms with van der Waals surface area (Å²) in [6.07, 6.45) is 2.70. The van der Waals surface area contributed by atoms with Gasteiger partial charge >= 0.3 is 0 Å². The monoisotopic (exact) mass is 403 g/mol. The summed E-state index contributed by atoms with van der Waals surface area (Å²) < 4.78 is 14.0. The number of anilines is 1. The summed E-state index contributed by atoms with van der Waals surface area (Å²) >= 11 is 0. The zero-order valence-electron chi connectivity index (χ0n) is 17.1. The first-order chi connectivity index (χ1) is 14.6. The van der Waals surface area contributed by atoms with Gasteiger partial charge in [0.25, 0.3) is 0 Å². The number of halogens is 1. The lowest BCUT2D eigenvalue weighted by atomic mass is 10.1. The van der Waals surface area contributed by atoms with Crippen LogP contribution >= 0.6 is 0 Å². The number of amides is 1. The van der Waals surface area contributed by atoms with Crippen LogP contribution in [0.3, 0.4) is 0 Å². The predicted molar refractivity (Wildman–Crippen MR) is 117 cm³/mol. The second kappa shape index (κ2) is 9.18. The third-order valence-electron chi connectivity index (χ3n) is 5.52. The van der Waals surface area contributed by atoms with E-state index in [1.54, 1.807) is 6.07 Å². The molecule has 4 nitrogen and oxygen atoms in total. The van der Waals surface area contributed by atoms with Gasteiger partial charge in [0, 0.05) is 31.3 Å². The van der Waals surface area contributed by atoms with Crippen LogP contribution < -0.4 is 5.32 Å². The van der Waals surface area contributed by atoms with Crippen LogP contribution in [0, 0.1) is 5.82 Å². The van der Waals surface area contributed by atoms with Crippen molar-refractivity contribution in [3.8, 4) is 0 Å². The molecule has 1 N–H and O–H groups in total. The van der Waals surface area contributed by atoms with Crippen LogP contribution in [-0.2, 0) is 17.8 Å². The molecule has 1 aliphatic heterocycles. The highest BCUT2D eigenvalue weighted by atomic mass is 19.1. The first-order valence-corrected chi connectivity index (χ1v) is 10.4. The van der Waals surface area contributed by atoms with E-state index in [9.17, 15) is 9.18 Å². The normalized spacial score (nSPS) is 16.5. The van der Waals surface area contributed by atoms with Crippen LogP contribution in [0.5, 0.6) is 0 Å². The molecule has 0 saturated carbocycles. The van der Waals surface area contributed by atoms with Crippen molar-refractivity contribution in [2.75, 3.05) is 11.9 Å². The molecule has 1 unspecified atom stereocenters. The fourth-order valence-electron chi connectivity index (χ4n) is 4.10. The Kier molecular flexibility index (Phi) is 6.19. The fraction of sp³-hybridized carbons (Fsp3) is 0.280. The molecule has 1 amide bonds. The topological polar surface area (TPSA) is 45.2 Å². The van der Waals surface area contributed by atoms with Gasteiger partial charge in [-0.25, -0.2) is 4.39 Å². The third kappa shape index (κ3) is 4.92. The molecule has 154 valence electrons.